The van der Waals surface area contributed by atoms with Gasteiger partial charge in [0.25, 0.3) is 0 Å². The van der Waals surface area contributed by atoms with Crippen molar-refractivity contribution in [1.82, 2.24) is 9.97 Å². The quantitative estimate of drug-likeness (QED) is 0.787. The lowest BCUT2D eigenvalue weighted by atomic mass is 10.3. The molecule has 0 N–H and O–H groups in total. The lowest BCUT2D eigenvalue weighted by Gasteiger charge is -2.04. The van der Waals surface area contributed by atoms with Crippen molar-refractivity contribution >= 4 is 22.9 Å². The first-order valence-corrected chi connectivity index (χ1v) is 6.15. The molecule has 0 bridgehead atoms. The van der Waals surface area contributed by atoms with E-state index in [0.717, 1.165) is 17.9 Å². The molecule has 2 aromatic rings. The Morgan fingerprint density at radius 1 is 1.38 bits per heavy atom. The van der Waals surface area contributed by atoms with Crippen LogP contribution in [-0.2, 0) is 6.42 Å². The van der Waals surface area contributed by atoms with Crippen molar-refractivity contribution in [1.29, 1.82) is 0 Å². The van der Waals surface area contributed by atoms with Crippen LogP contribution in [0.5, 0.6) is 5.75 Å². The van der Waals surface area contributed by atoms with E-state index in [2.05, 4.69) is 9.97 Å². The van der Waals surface area contributed by atoms with E-state index < -0.39 is 0 Å². The van der Waals surface area contributed by atoms with E-state index in [1.807, 2.05) is 18.5 Å². The van der Waals surface area contributed by atoms with Gasteiger partial charge in [-0.1, -0.05) is 11.6 Å². The van der Waals surface area contributed by atoms with Crippen molar-refractivity contribution in [2.24, 2.45) is 0 Å². The standard InChI is InChI=1S/C11H11ClN2OS/c1-8-10(16-7-14-8)4-5-15-9-2-3-11(12)13-6-9/h2-3,6-7H,4-5H2,1H3. The molecule has 0 unspecified atom stereocenters. The number of ether oxygens (including phenoxy) is 1. The van der Waals surface area contributed by atoms with Crippen molar-refractivity contribution in [2.75, 3.05) is 6.61 Å². The molecule has 0 spiro atoms. The predicted molar refractivity (Wildman–Crippen MR) is 65.3 cm³/mol. The summed E-state index contributed by atoms with van der Waals surface area (Å²) in [5.74, 6) is 0.742. The first kappa shape index (κ1) is 11.4. The van der Waals surface area contributed by atoms with Crippen LogP contribution in [0.1, 0.15) is 10.6 Å². The van der Waals surface area contributed by atoms with Gasteiger partial charge in [0.15, 0.2) is 0 Å². The maximum atomic E-state index is 5.67. The van der Waals surface area contributed by atoms with Gasteiger partial charge in [-0.15, -0.1) is 11.3 Å². The molecule has 3 nitrogen and oxygen atoms in total. The highest BCUT2D eigenvalue weighted by atomic mass is 35.5. The largest absolute Gasteiger partial charge is 0.492 e. The van der Waals surface area contributed by atoms with E-state index in [-0.39, 0.29) is 0 Å². The van der Waals surface area contributed by atoms with Crippen LogP contribution in [0.25, 0.3) is 0 Å². The fourth-order valence-electron chi connectivity index (χ4n) is 1.28. The molecular formula is C11H11ClN2OS. The van der Waals surface area contributed by atoms with Gasteiger partial charge in [0.05, 0.1) is 24.0 Å². The van der Waals surface area contributed by atoms with Gasteiger partial charge in [-0.05, 0) is 19.1 Å². The molecule has 0 amide bonds. The second-order valence-electron chi connectivity index (χ2n) is 3.28. The van der Waals surface area contributed by atoms with Crippen molar-refractivity contribution < 1.29 is 4.74 Å². The minimum Gasteiger partial charge on any atom is -0.492 e. The molecule has 0 aliphatic rings. The van der Waals surface area contributed by atoms with E-state index in [0.29, 0.717) is 11.8 Å². The molecule has 5 heteroatoms. The number of aromatic nitrogens is 2. The van der Waals surface area contributed by atoms with Crippen molar-refractivity contribution in [3.05, 3.63) is 39.6 Å². The first-order chi connectivity index (χ1) is 7.75. The highest BCUT2D eigenvalue weighted by Gasteiger charge is 2.01. The monoisotopic (exact) mass is 254 g/mol. The van der Waals surface area contributed by atoms with Gasteiger partial charge in [0, 0.05) is 11.3 Å². The third-order valence-corrected chi connectivity index (χ3v) is 3.36. The lowest BCUT2D eigenvalue weighted by Crippen LogP contribution is -2.01. The predicted octanol–water partition coefficient (Wildman–Crippen LogP) is 3.12. The number of nitrogens with zero attached hydrogens (tertiary/aromatic N) is 2. The van der Waals surface area contributed by atoms with Crippen molar-refractivity contribution in [2.45, 2.75) is 13.3 Å². The molecule has 2 rings (SSSR count). The maximum Gasteiger partial charge on any atom is 0.137 e. The summed E-state index contributed by atoms with van der Waals surface area (Å²) in [5.41, 5.74) is 2.94. The van der Waals surface area contributed by atoms with Gasteiger partial charge >= 0.3 is 0 Å². The number of rotatable bonds is 4. The van der Waals surface area contributed by atoms with Crippen LogP contribution in [0, 0.1) is 6.92 Å². The summed E-state index contributed by atoms with van der Waals surface area (Å²) in [6.07, 6.45) is 2.50. The molecule has 2 heterocycles. The lowest BCUT2D eigenvalue weighted by molar-refractivity contribution is 0.321. The maximum absolute atomic E-state index is 5.67. The zero-order chi connectivity index (χ0) is 11.4. The molecule has 0 saturated heterocycles. The second-order valence-corrected chi connectivity index (χ2v) is 4.60. The summed E-state index contributed by atoms with van der Waals surface area (Å²) in [6, 6.07) is 3.53. The average molecular weight is 255 g/mol. The number of pyridine rings is 1. The summed E-state index contributed by atoms with van der Waals surface area (Å²) in [5, 5.41) is 0.477. The van der Waals surface area contributed by atoms with Crippen LogP contribution in [-0.4, -0.2) is 16.6 Å². The Labute approximate surface area is 103 Å². The number of thiazole rings is 1. The van der Waals surface area contributed by atoms with Gasteiger partial charge in [-0.25, -0.2) is 9.97 Å². The minimum atomic E-state index is 0.477. The van der Waals surface area contributed by atoms with E-state index in [1.165, 1.54) is 4.88 Å². The van der Waals surface area contributed by atoms with Crippen LogP contribution in [0.2, 0.25) is 5.15 Å². The van der Waals surface area contributed by atoms with E-state index in [1.54, 1.807) is 23.6 Å². The van der Waals surface area contributed by atoms with E-state index in [9.17, 15) is 0 Å². The fraction of sp³-hybridized carbons (Fsp3) is 0.273. The number of aryl methyl sites for hydroxylation is 1. The Hall–Kier alpha value is -1.13. The topological polar surface area (TPSA) is 35.0 Å². The van der Waals surface area contributed by atoms with Gasteiger partial charge < -0.3 is 4.74 Å². The highest BCUT2D eigenvalue weighted by molar-refractivity contribution is 7.09. The molecule has 0 radical (unpaired) electrons. The third kappa shape index (κ3) is 2.93. The Balaban J connectivity index is 1.84. The number of hydrogen-bond acceptors (Lipinski definition) is 4. The summed E-state index contributed by atoms with van der Waals surface area (Å²) in [6.45, 7) is 2.64. The molecule has 0 aliphatic carbocycles. The smallest absolute Gasteiger partial charge is 0.137 e. The molecule has 0 aromatic carbocycles. The van der Waals surface area contributed by atoms with Crippen LogP contribution < -0.4 is 4.74 Å². The average Bonchev–Trinajstić information content (AvgIpc) is 2.68. The fourth-order valence-corrected chi connectivity index (χ4v) is 2.15. The minimum absolute atomic E-state index is 0.477. The van der Waals surface area contributed by atoms with Gasteiger partial charge in [0.2, 0.25) is 0 Å². The SMILES string of the molecule is Cc1ncsc1CCOc1ccc(Cl)nc1. The molecular weight excluding hydrogens is 244 g/mol. The van der Waals surface area contributed by atoms with Gasteiger partial charge in [0.1, 0.15) is 10.9 Å². The third-order valence-electron chi connectivity index (χ3n) is 2.14. The molecule has 2 aromatic heterocycles. The molecule has 0 saturated carbocycles. The summed E-state index contributed by atoms with van der Waals surface area (Å²) < 4.78 is 5.55. The van der Waals surface area contributed by atoms with Crippen molar-refractivity contribution in [3.8, 4) is 5.75 Å². The summed E-state index contributed by atoms with van der Waals surface area (Å²) >= 11 is 7.33. The number of hydrogen-bond donors (Lipinski definition) is 0. The van der Waals surface area contributed by atoms with Crippen molar-refractivity contribution in [3.63, 3.8) is 0 Å². The molecule has 0 atom stereocenters. The van der Waals surface area contributed by atoms with E-state index >= 15 is 0 Å². The van der Waals surface area contributed by atoms with Crippen LogP contribution >= 0.6 is 22.9 Å². The van der Waals surface area contributed by atoms with Crippen LogP contribution in [0.4, 0.5) is 0 Å². The first-order valence-electron chi connectivity index (χ1n) is 4.89. The molecule has 84 valence electrons. The molecule has 0 aliphatic heterocycles. The highest BCUT2D eigenvalue weighted by Crippen LogP contribution is 2.15. The molecule has 0 fully saturated rings. The van der Waals surface area contributed by atoms with Gasteiger partial charge in [-0.2, -0.15) is 0 Å². The van der Waals surface area contributed by atoms with Crippen LogP contribution in [0.3, 0.4) is 0 Å². The number of halogens is 1. The molecule has 16 heavy (non-hydrogen) atoms. The van der Waals surface area contributed by atoms with E-state index in [4.69, 9.17) is 16.3 Å². The van der Waals surface area contributed by atoms with Crippen LogP contribution in [0.15, 0.2) is 23.8 Å². The Morgan fingerprint density at radius 2 is 2.25 bits per heavy atom. The Bertz CT molecular complexity index is 455. The normalized spacial score (nSPS) is 10.4. The van der Waals surface area contributed by atoms with Gasteiger partial charge in [-0.3, -0.25) is 0 Å². The summed E-state index contributed by atoms with van der Waals surface area (Å²) in [4.78, 5) is 9.40. The summed E-state index contributed by atoms with van der Waals surface area (Å²) in [7, 11) is 0. The Kier molecular flexibility index (Phi) is 3.74. The zero-order valence-corrected chi connectivity index (χ0v) is 10.4. The Morgan fingerprint density at radius 3 is 2.88 bits per heavy atom. The zero-order valence-electron chi connectivity index (χ0n) is 8.81. The second kappa shape index (κ2) is 5.27.